The van der Waals surface area contributed by atoms with Crippen LogP contribution in [0.4, 0.5) is 0 Å². The molecule has 0 fully saturated rings. The summed E-state index contributed by atoms with van der Waals surface area (Å²) in [6.45, 7) is 16.0. The van der Waals surface area contributed by atoms with Gasteiger partial charge in [-0.2, -0.15) is 0 Å². The van der Waals surface area contributed by atoms with Crippen LogP contribution in [0, 0.1) is 0 Å². The zero-order valence-corrected chi connectivity index (χ0v) is 37.4. The average molecular weight is 787 g/mol. The molecule has 0 aromatic heterocycles. The Balaban J connectivity index is -0.000000306. The zero-order valence-electron chi connectivity index (χ0n) is 37.4. The standard InChI is InChI=1S/C14H10.C12H10.C10H8.C6H6.4C2H6.4CH4O/c1-2-6-12-10-14-8-4-3-7-13(14)9-11(12)5-1;1-3-7-11(8-4-1)12-9-5-2-6-10-12;1-2-6-10-8-4-3-7-9(10)5-1;1-2-4-6-5-3-1;8*1-2/h1-10H;1-10H;1-8H;1-6H;4*1-2H3;4*2H,1H3. The first kappa shape index (κ1) is 59.1. The molecule has 0 amide bonds. The third-order valence-electron chi connectivity index (χ3n) is 6.82. The summed E-state index contributed by atoms with van der Waals surface area (Å²) in [5.74, 6) is 0. The molecule has 314 valence electrons. The minimum Gasteiger partial charge on any atom is -0.400 e. The van der Waals surface area contributed by atoms with Crippen LogP contribution in [-0.2, 0) is 0 Å². The van der Waals surface area contributed by atoms with Crippen LogP contribution in [0.15, 0.2) is 206 Å². The molecule has 0 bridgehead atoms. The second-order valence-corrected chi connectivity index (χ2v) is 9.78. The van der Waals surface area contributed by atoms with Crippen molar-refractivity contribution in [1.29, 1.82) is 0 Å². The second kappa shape index (κ2) is 47.5. The highest BCUT2D eigenvalue weighted by Gasteiger charge is 1.95. The van der Waals surface area contributed by atoms with Crippen LogP contribution >= 0.6 is 0 Å². The molecule has 0 saturated heterocycles. The Morgan fingerprint density at radius 3 is 0.517 bits per heavy atom. The lowest BCUT2D eigenvalue weighted by molar-refractivity contribution is 0.399. The summed E-state index contributed by atoms with van der Waals surface area (Å²) in [6, 6.07) is 70.9. The first-order chi connectivity index (χ1) is 28.9. The average Bonchev–Trinajstić information content (AvgIpc) is 3.37. The molecule has 0 aliphatic carbocycles. The maximum absolute atomic E-state index is 7.00. The Bertz CT molecular complexity index is 1690. The lowest BCUT2D eigenvalue weighted by Crippen LogP contribution is -1.74. The van der Waals surface area contributed by atoms with Crippen molar-refractivity contribution in [3.63, 3.8) is 0 Å². The van der Waals surface area contributed by atoms with E-state index in [0.717, 1.165) is 28.4 Å². The summed E-state index contributed by atoms with van der Waals surface area (Å²) < 4.78 is 0. The molecular weight excluding hydrogens is 713 g/mol. The molecule has 4 heteroatoms. The molecule has 8 aromatic rings. The van der Waals surface area contributed by atoms with Gasteiger partial charge in [-0.3, -0.25) is 0 Å². The van der Waals surface area contributed by atoms with Gasteiger partial charge in [-0.15, -0.1) is 0 Å². The molecule has 0 radical (unpaired) electrons. The van der Waals surface area contributed by atoms with Crippen molar-refractivity contribution in [3.05, 3.63) is 206 Å². The van der Waals surface area contributed by atoms with Gasteiger partial charge in [-0.1, -0.05) is 250 Å². The molecule has 4 N–H and O–H groups in total. The Kier molecular flexibility index (Phi) is 48.4. The minimum absolute atomic E-state index is 1.00. The summed E-state index contributed by atoms with van der Waals surface area (Å²) in [5.41, 5.74) is 2.55. The summed E-state index contributed by atoms with van der Waals surface area (Å²) in [5, 5.41) is 35.9. The van der Waals surface area contributed by atoms with Crippen LogP contribution in [0.3, 0.4) is 0 Å². The summed E-state index contributed by atoms with van der Waals surface area (Å²) in [7, 11) is 4.00. The number of fused-ring (bicyclic) bond motifs is 3. The van der Waals surface area contributed by atoms with Crippen molar-refractivity contribution in [2.45, 2.75) is 55.4 Å². The summed E-state index contributed by atoms with van der Waals surface area (Å²) in [4.78, 5) is 0. The molecule has 0 spiro atoms. The van der Waals surface area contributed by atoms with Gasteiger partial charge in [0.25, 0.3) is 0 Å². The van der Waals surface area contributed by atoms with Crippen LogP contribution in [0.2, 0.25) is 0 Å². The van der Waals surface area contributed by atoms with Crippen LogP contribution in [0.5, 0.6) is 0 Å². The summed E-state index contributed by atoms with van der Waals surface area (Å²) >= 11 is 0. The number of aliphatic hydroxyl groups excluding tert-OH is 4. The monoisotopic (exact) mass is 787 g/mol. The molecule has 4 nitrogen and oxygen atoms in total. The lowest BCUT2D eigenvalue weighted by Gasteiger charge is -2.00. The van der Waals surface area contributed by atoms with E-state index in [0.29, 0.717) is 0 Å². The van der Waals surface area contributed by atoms with Crippen molar-refractivity contribution in [2.75, 3.05) is 28.4 Å². The Hall–Kier alpha value is -5.62. The maximum atomic E-state index is 7.00. The van der Waals surface area contributed by atoms with Crippen molar-refractivity contribution >= 4 is 32.3 Å². The molecular formula is C54H74O4. The lowest BCUT2D eigenvalue weighted by atomic mass is 10.0. The van der Waals surface area contributed by atoms with E-state index in [1.807, 2.05) is 104 Å². The first-order valence-electron chi connectivity index (χ1n) is 20.1. The van der Waals surface area contributed by atoms with Crippen molar-refractivity contribution in [2.24, 2.45) is 0 Å². The van der Waals surface area contributed by atoms with E-state index < -0.39 is 0 Å². The van der Waals surface area contributed by atoms with Gasteiger partial charge in [0.2, 0.25) is 0 Å². The van der Waals surface area contributed by atoms with Gasteiger partial charge in [0.1, 0.15) is 0 Å². The van der Waals surface area contributed by atoms with E-state index in [1.54, 1.807) is 0 Å². The highest BCUT2D eigenvalue weighted by atomic mass is 16.2. The highest BCUT2D eigenvalue weighted by Crippen LogP contribution is 2.22. The molecule has 8 aromatic carbocycles. The normalized spacial score (nSPS) is 8.00. The van der Waals surface area contributed by atoms with E-state index in [-0.39, 0.29) is 0 Å². The Morgan fingerprint density at radius 2 is 0.328 bits per heavy atom. The number of benzene rings is 8. The van der Waals surface area contributed by atoms with E-state index in [1.165, 1.54) is 43.4 Å². The highest BCUT2D eigenvalue weighted by molar-refractivity contribution is 5.98. The largest absolute Gasteiger partial charge is 0.400 e. The predicted octanol–water partition coefficient (Wildman–Crippen LogP) is 14.4. The van der Waals surface area contributed by atoms with Gasteiger partial charge in [0.05, 0.1) is 0 Å². The number of hydrogen-bond acceptors (Lipinski definition) is 4. The molecule has 0 unspecified atom stereocenters. The van der Waals surface area contributed by atoms with Gasteiger partial charge in [-0.05, 0) is 55.6 Å². The van der Waals surface area contributed by atoms with Crippen molar-refractivity contribution in [3.8, 4) is 11.1 Å². The quantitative estimate of drug-likeness (QED) is 0.125. The Labute approximate surface area is 352 Å². The smallest absolute Gasteiger partial charge is 0.0319 e. The number of aliphatic hydroxyl groups is 4. The fourth-order valence-corrected chi connectivity index (χ4v) is 4.66. The second-order valence-electron chi connectivity index (χ2n) is 9.78. The van der Waals surface area contributed by atoms with Crippen LogP contribution in [0.25, 0.3) is 43.4 Å². The van der Waals surface area contributed by atoms with E-state index in [2.05, 4.69) is 158 Å². The minimum atomic E-state index is 1.00. The number of rotatable bonds is 1. The van der Waals surface area contributed by atoms with E-state index in [9.17, 15) is 0 Å². The van der Waals surface area contributed by atoms with E-state index in [4.69, 9.17) is 20.4 Å². The molecule has 58 heavy (non-hydrogen) atoms. The van der Waals surface area contributed by atoms with Crippen molar-refractivity contribution < 1.29 is 20.4 Å². The molecule has 0 aliphatic rings. The van der Waals surface area contributed by atoms with Gasteiger partial charge in [0.15, 0.2) is 0 Å². The SMILES string of the molecule is CC.CC.CC.CC.CO.CO.CO.CO.c1ccc(-c2ccccc2)cc1.c1ccc2cc3ccccc3cc2c1.c1ccc2ccccc2c1.c1ccccc1. The molecule has 0 saturated carbocycles. The third kappa shape index (κ3) is 26.3. The first-order valence-corrected chi connectivity index (χ1v) is 20.1. The van der Waals surface area contributed by atoms with Gasteiger partial charge < -0.3 is 20.4 Å². The van der Waals surface area contributed by atoms with Gasteiger partial charge in [0, 0.05) is 28.4 Å². The molecule has 0 aliphatic heterocycles. The van der Waals surface area contributed by atoms with Crippen LogP contribution in [-0.4, -0.2) is 48.9 Å². The fraction of sp³-hybridized carbons (Fsp3) is 0.222. The molecule has 0 atom stereocenters. The topological polar surface area (TPSA) is 80.9 Å². The van der Waals surface area contributed by atoms with Crippen molar-refractivity contribution in [1.82, 2.24) is 0 Å². The van der Waals surface area contributed by atoms with Gasteiger partial charge >= 0.3 is 0 Å². The zero-order chi connectivity index (χ0) is 44.7. The molecule has 0 heterocycles. The van der Waals surface area contributed by atoms with E-state index >= 15 is 0 Å². The Morgan fingerprint density at radius 1 is 0.190 bits per heavy atom. The van der Waals surface area contributed by atoms with Crippen LogP contribution < -0.4 is 0 Å². The molecule has 8 rings (SSSR count). The third-order valence-corrected chi connectivity index (χ3v) is 6.82. The maximum Gasteiger partial charge on any atom is 0.0319 e. The predicted molar refractivity (Wildman–Crippen MR) is 262 cm³/mol. The summed E-state index contributed by atoms with van der Waals surface area (Å²) in [6.07, 6.45) is 0. The van der Waals surface area contributed by atoms with Gasteiger partial charge in [-0.25, -0.2) is 0 Å². The number of hydrogen-bond donors (Lipinski definition) is 4. The fourth-order valence-electron chi connectivity index (χ4n) is 4.66. The van der Waals surface area contributed by atoms with Crippen LogP contribution in [0.1, 0.15) is 55.4 Å².